The number of aryl methyl sites for hydroxylation is 2. The molecule has 1 aromatic rings. The van der Waals surface area contributed by atoms with E-state index >= 15 is 0 Å². The van der Waals surface area contributed by atoms with Crippen molar-refractivity contribution in [3.63, 3.8) is 0 Å². The summed E-state index contributed by atoms with van der Waals surface area (Å²) in [6, 6.07) is 5.28. The van der Waals surface area contributed by atoms with E-state index in [0.29, 0.717) is 0 Å². The number of benzene rings is 1. The molecule has 0 saturated carbocycles. The maximum atomic E-state index is 12.1. The number of nitrogens with one attached hydrogen (secondary N) is 1. The van der Waals surface area contributed by atoms with E-state index in [2.05, 4.69) is 11.4 Å². The molecule has 1 aromatic carbocycles. The lowest BCUT2D eigenvalue weighted by molar-refractivity contribution is -0.143. The zero-order chi connectivity index (χ0) is 16.2. The van der Waals surface area contributed by atoms with Crippen LogP contribution in [-0.4, -0.2) is 28.3 Å². The van der Waals surface area contributed by atoms with Crippen LogP contribution in [0.25, 0.3) is 0 Å². The molecule has 5 heteroatoms. The highest BCUT2D eigenvalue weighted by atomic mass is 32.2. The number of amides is 1. The molecule has 0 aliphatic carbocycles. The van der Waals surface area contributed by atoms with E-state index in [4.69, 9.17) is 5.11 Å². The molecule has 0 aliphatic heterocycles. The molecular formula is C16H23NO3S. The summed E-state index contributed by atoms with van der Waals surface area (Å²) in [6.07, 6.45) is 0. The van der Waals surface area contributed by atoms with Crippen LogP contribution < -0.4 is 5.32 Å². The molecule has 4 nitrogen and oxygen atoms in total. The Morgan fingerprint density at radius 2 is 1.62 bits per heavy atom. The molecule has 0 radical (unpaired) electrons. The van der Waals surface area contributed by atoms with Crippen molar-refractivity contribution in [2.75, 3.05) is 0 Å². The minimum Gasteiger partial charge on any atom is -0.480 e. The Balaban J connectivity index is 2.72. The predicted octanol–water partition coefficient (Wildman–Crippen LogP) is 3.01. The van der Waals surface area contributed by atoms with E-state index in [9.17, 15) is 9.59 Å². The standard InChI is InChI=1S/C16H23NO3S/c1-9(2)14(16(19)20)17-15(18)12(5)21-13-7-10(3)6-11(4)8-13/h6-9,12,14H,1-5H3,(H,17,18)(H,19,20). The second-order valence-corrected chi connectivity index (χ2v) is 7.07. The molecule has 2 N–H and O–H groups in total. The van der Waals surface area contributed by atoms with Crippen LogP contribution in [0.4, 0.5) is 0 Å². The van der Waals surface area contributed by atoms with Gasteiger partial charge in [-0.1, -0.05) is 19.9 Å². The Bertz CT molecular complexity index is 508. The number of hydrogen-bond donors (Lipinski definition) is 2. The average Bonchev–Trinajstić information content (AvgIpc) is 2.33. The van der Waals surface area contributed by atoms with Crippen LogP contribution in [-0.2, 0) is 9.59 Å². The summed E-state index contributed by atoms with van der Waals surface area (Å²) in [6.45, 7) is 9.38. The summed E-state index contributed by atoms with van der Waals surface area (Å²) in [5.74, 6) is -1.40. The van der Waals surface area contributed by atoms with Crippen LogP contribution in [0.1, 0.15) is 31.9 Å². The minimum absolute atomic E-state index is 0.148. The fourth-order valence-electron chi connectivity index (χ4n) is 2.04. The molecular weight excluding hydrogens is 286 g/mol. The highest BCUT2D eigenvalue weighted by Crippen LogP contribution is 2.25. The normalized spacial score (nSPS) is 13.8. The smallest absolute Gasteiger partial charge is 0.326 e. The second-order valence-electron chi connectivity index (χ2n) is 5.65. The third-order valence-electron chi connectivity index (χ3n) is 3.11. The Labute approximate surface area is 130 Å². The molecule has 0 aliphatic rings. The van der Waals surface area contributed by atoms with Crippen molar-refractivity contribution >= 4 is 23.6 Å². The third-order valence-corrected chi connectivity index (χ3v) is 4.18. The molecule has 2 atom stereocenters. The van der Waals surface area contributed by atoms with Crippen LogP contribution in [0.5, 0.6) is 0 Å². The first-order valence-electron chi connectivity index (χ1n) is 6.99. The van der Waals surface area contributed by atoms with Gasteiger partial charge in [0.1, 0.15) is 6.04 Å². The van der Waals surface area contributed by atoms with Crippen molar-refractivity contribution in [2.24, 2.45) is 5.92 Å². The molecule has 0 fully saturated rings. The van der Waals surface area contributed by atoms with Gasteiger partial charge in [0.2, 0.25) is 5.91 Å². The van der Waals surface area contributed by atoms with Crippen molar-refractivity contribution in [1.29, 1.82) is 0 Å². The summed E-state index contributed by atoms with van der Waals surface area (Å²) in [4.78, 5) is 24.3. The second kappa shape index (κ2) is 7.50. The Hall–Kier alpha value is -1.49. The van der Waals surface area contributed by atoms with Crippen LogP contribution >= 0.6 is 11.8 Å². The van der Waals surface area contributed by atoms with Gasteiger partial charge in [-0.25, -0.2) is 4.79 Å². The van der Waals surface area contributed by atoms with Crippen molar-refractivity contribution in [2.45, 2.75) is 50.8 Å². The summed E-state index contributed by atoms with van der Waals surface area (Å²) >= 11 is 1.44. The van der Waals surface area contributed by atoms with Gasteiger partial charge < -0.3 is 10.4 Å². The van der Waals surface area contributed by atoms with Gasteiger partial charge in [0.25, 0.3) is 0 Å². The SMILES string of the molecule is Cc1cc(C)cc(SC(C)C(=O)NC(C(=O)O)C(C)C)c1. The Kier molecular flexibility index (Phi) is 6.27. The zero-order valence-corrected chi connectivity index (χ0v) is 14.0. The van der Waals surface area contributed by atoms with Crippen LogP contribution in [0.2, 0.25) is 0 Å². The minimum atomic E-state index is -0.998. The van der Waals surface area contributed by atoms with Gasteiger partial charge >= 0.3 is 5.97 Å². The number of thioether (sulfide) groups is 1. The molecule has 116 valence electrons. The van der Waals surface area contributed by atoms with Crippen molar-refractivity contribution in [3.8, 4) is 0 Å². The molecule has 0 bridgehead atoms. The maximum Gasteiger partial charge on any atom is 0.326 e. The lowest BCUT2D eigenvalue weighted by atomic mass is 10.0. The number of carboxylic acids is 1. The van der Waals surface area contributed by atoms with Crippen molar-refractivity contribution < 1.29 is 14.7 Å². The van der Waals surface area contributed by atoms with Gasteiger partial charge in [0.05, 0.1) is 5.25 Å². The Morgan fingerprint density at radius 1 is 1.10 bits per heavy atom. The number of carbonyl (C=O) groups excluding carboxylic acids is 1. The largest absolute Gasteiger partial charge is 0.480 e. The first-order valence-corrected chi connectivity index (χ1v) is 7.86. The summed E-state index contributed by atoms with van der Waals surface area (Å²) in [7, 11) is 0. The molecule has 0 spiro atoms. The number of rotatable bonds is 6. The van der Waals surface area contributed by atoms with E-state index in [1.165, 1.54) is 11.8 Å². The lowest BCUT2D eigenvalue weighted by Gasteiger charge is -2.20. The van der Waals surface area contributed by atoms with E-state index in [1.54, 1.807) is 20.8 Å². The Morgan fingerprint density at radius 3 is 2.05 bits per heavy atom. The fraction of sp³-hybridized carbons (Fsp3) is 0.500. The third kappa shape index (κ3) is 5.42. The van der Waals surface area contributed by atoms with Crippen LogP contribution in [0.3, 0.4) is 0 Å². The molecule has 0 heterocycles. The van der Waals surface area contributed by atoms with Gasteiger partial charge in [-0.15, -0.1) is 11.8 Å². The zero-order valence-electron chi connectivity index (χ0n) is 13.1. The van der Waals surface area contributed by atoms with Gasteiger partial charge in [-0.05, 0) is 49.9 Å². The van der Waals surface area contributed by atoms with Gasteiger partial charge in [-0.3, -0.25) is 4.79 Å². The average molecular weight is 309 g/mol. The number of carboxylic acid groups (broad SMARTS) is 1. The number of aliphatic carboxylic acids is 1. The van der Waals surface area contributed by atoms with E-state index in [1.807, 2.05) is 26.0 Å². The van der Waals surface area contributed by atoms with Gasteiger partial charge in [0.15, 0.2) is 0 Å². The molecule has 2 unspecified atom stereocenters. The molecule has 0 aromatic heterocycles. The maximum absolute atomic E-state index is 12.1. The van der Waals surface area contributed by atoms with Gasteiger partial charge in [0, 0.05) is 4.90 Å². The van der Waals surface area contributed by atoms with Crippen LogP contribution in [0.15, 0.2) is 23.1 Å². The highest BCUT2D eigenvalue weighted by Gasteiger charge is 2.26. The molecule has 1 rings (SSSR count). The quantitative estimate of drug-likeness (QED) is 0.793. The first kappa shape index (κ1) is 17.6. The van der Waals surface area contributed by atoms with Crippen molar-refractivity contribution in [3.05, 3.63) is 29.3 Å². The van der Waals surface area contributed by atoms with Gasteiger partial charge in [-0.2, -0.15) is 0 Å². The summed E-state index contributed by atoms with van der Waals surface area (Å²) in [5.41, 5.74) is 2.30. The van der Waals surface area contributed by atoms with E-state index < -0.39 is 12.0 Å². The molecule has 1 amide bonds. The van der Waals surface area contributed by atoms with E-state index in [-0.39, 0.29) is 17.1 Å². The van der Waals surface area contributed by atoms with E-state index in [0.717, 1.165) is 16.0 Å². The summed E-state index contributed by atoms with van der Waals surface area (Å²) in [5, 5.41) is 11.4. The van der Waals surface area contributed by atoms with Crippen molar-refractivity contribution in [1.82, 2.24) is 5.32 Å². The molecule has 21 heavy (non-hydrogen) atoms. The molecule has 0 saturated heterocycles. The predicted molar refractivity (Wildman–Crippen MR) is 85.6 cm³/mol. The number of carbonyl (C=O) groups is 2. The summed E-state index contributed by atoms with van der Waals surface area (Å²) < 4.78 is 0. The van der Waals surface area contributed by atoms with Crippen LogP contribution in [0, 0.1) is 19.8 Å². The fourth-order valence-corrected chi connectivity index (χ4v) is 3.13. The lowest BCUT2D eigenvalue weighted by Crippen LogP contribution is -2.46. The number of hydrogen-bond acceptors (Lipinski definition) is 3. The topological polar surface area (TPSA) is 66.4 Å². The monoisotopic (exact) mass is 309 g/mol. The highest BCUT2D eigenvalue weighted by molar-refractivity contribution is 8.00. The first-order chi connectivity index (χ1) is 9.70.